The van der Waals surface area contributed by atoms with Gasteiger partial charge < -0.3 is 18.9 Å². The molecule has 1 saturated heterocycles. The Balaban J connectivity index is 1.66. The first-order valence-electron chi connectivity index (χ1n) is 11.6. The summed E-state index contributed by atoms with van der Waals surface area (Å²) in [4.78, 5) is 38.9. The Morgan fingerprint density at radius 3 is 1.39 bits per heavy atom. The first-order valence-corrected chi connectivity index (χ1v) is 12.5. The van der Waals surface area contributed by atoms with Gasteiger partial charge in [-0.25, -0.2) is 14.4 Å². The molecule has 3 aromatic rings. The van der Waals surface area contributed by atoms with Gasteiger partial charge in [0.15, 0.2) is 23.3 Å². The van der Waals surface area contributed by atoms with E-state index in [9.17, 15) is 14.4 Å². The number of alkyl halides is 1. The number of esters is 3. The predicted octanol–water partition coefficient (Wildman–Crippen LogP) is 5.19. The molecule has 7 nitrogen and oxygen atoms in total. The summed E-state index contributed by atoms with van der Waals surface area (Å²) in [6.07, 6.45) is -3.43. The van der Waals surface area contributed by atoms with Crippen LogP contribution in [0.2, 0.25) is 0 Å². The van der Waals surface area contributed by atoms with Crippen molar-refractivity contribution in [2.24, 2.45) is 0 Å². The Bertz CT molecular complexity index is 1170. The lowest BCUT2D eigenvalue weighted by Gasteiger charge is -2.43. The van der Waals surface area contributed by atoms with Gasteiger partial charge in [0.05, 0.1) is 22.8 Å². The summed E-state index contributed by atoms with van der Waals surface area (Å²) in [6, 6.07) is 25.3. The second kappa shape index (κ2) is 12.0. The Labute approximate surface area is 217 Å². The van der Waals surface area contributed by atoms with Gasteiger partial charge >= 0.3 is 17.9 Å². The molecule has 4 rings (SSSR count). The van der Waals surface area contributed by atoms with Crippen molar-refractivity contribution in [3.8, 4) is 0 Å². The molecule has 0 saturated carbocycles. The molecule has 0 N–H and O–H groups in total. The van der Waals surface area contributed by atoms with Gasteiger partial charge in [-0.1, -0.05) is 77.5 Å². The van der Waals surface area contributed by atoms with Crippen LogP contribution in [-0.2, 0) is 18.9 Å². The number of hydrogen-bond donors (Lipinski definition) is 0. The van der Waals surface area contributed by atoms with Crippen LogP contribution < -0.4 is 0 Å². The molecule has 0 aromatic heterocycles. The van der Waals surface area contributed by atoms with E-state index in [-0.39, 0.29) is 0 Å². The minimum Gasteiger partial charge on any atom is -0.452 e. The van der Waals surface area contributed by atoms with Crippen molar-refractivity contribution in [3.63, 3.8) is 0 Å². The number of carbonyl (C=O) groups is 3. The Morgan fingerprint density at radius 2 is 1.00 bits per heavy atom. The number of benzene rings is 3. The summed E-state index contributed by atoms with van der Waals surface area (Å²) in [5.74, 6) is -1.87. The van der Waals surface area contributed by atoms with Crippen LogP contribution in [0.25, 0.3) is 0 Å². The maximum Gasteiger partial charge on any atom is 0.338 e. The Morgan fingerprint density at radius 1 is 0.639 bits per heavy atom. The molecule has 1 heterocycles. The second-order valence-corrected chi connectivity index (χ2v) is 9.04. The number of hydrogen-bond acceptors (Lipinski definition) is 7. The highest BCUT2D eigenvalue weighted by molar-refractivity contribution is 9.09. The maximum absolute atomic E-state index is 13.1. The number of ether oxygens (including phenoxy) is 4. The number of rotatable bonds is 7. The van der Waals surface area contributed by atoms with Gasteiger partial charge in [-0.2, -0.15) is 0 Å². The lowest BCUT2D eigenvalue weighted by molar-refractivity contribution is -0.198. The zero-order valence-electron chi connectivity index (χ0n) is 19.5. The van der Waals surface area contributed by atoms with Crippen LogP contribution >= 0.6 is 15.9 Å². The Hall–Kier alpha value is -3.49. The number of carbonyl (C=O) groups excluding carboxylic acids is 3. The van der Waals surface area contributed by atoms with Crippen LogP contribution in [-0.4, -0.2) is 47.3 Å². The monoisotopic (exact) mass is 552 g/mol. The molecule has 36 heavy (non-hydrogen) atoms. The topological polar surface area (TPSA) is 88.1 Å². The molecule has 0 amide bonds. The molecule has 0 bridgehead atoms. The third-order valence-corrected chi connectivity index (χ3v) is 6.47. The molecule has 1 aliphatic rings. The highest BCUT2D eigenvalue weighted by Gasteiger charge is 2.51. The minimum atomic E-state index is -1.14. The van der Waals surface area contributed by atoms with Crippen LogP contribution in [0.5, 0.6) is 0 Å². The molecule has 0 spiro atoms. The summed E-state index contributed by atoms with van der Waals surface area (Å²) in [6.45, 7) is 1.86. The van der Waals surface area contributed by atoms with Gasteiger partial charge in [-0.15, -0.1) is 0 Å². The second-order valence-electron chi connectivity index (χ2n) is 8.14. The fourth-order valence-corrected chi connectivity index (χ4v) is 4.58. The third-order valence-electron chi connectivity index (χ3n) is 5.74. The van der Waals surface area contributed by atoms with Gasteiger partial charge in [-0.05, 0) is 42.8 Å². The van der Waals surface area contributed by atoms with Crippen molar-refractivity contribution in [2.75, 3.05) is 0 Å². The summed E-state index contributed by atoms with van der Waals surface area (Å²) in [5.41, 5.74) is 0.963. The van der Waals surface area contributed by atoms with E-state index in [1.54, 1.807) is 91.0 Å². The average molecular weight is 553 g/mol. The van der Waals surface area contributed by atoms with E-state index in [0.717, 1.165) is 0 Å². The fourth-order valence-electron chi connectivity index (χ4n) is 3.89. The molecule has 5 unspecified atom stereocenters. The lowest BCUT2D eigenvalue weighted by Crippen LogP contribution is -2.59. The van der Waals surface area contributed by atoms with Crippen LogP contribution in [0.4, 0.5) is 0 Å². The minimum absolute atomic E-state index is 0.310. The fraction of sp³-hybridized carbons (Fsp3) is 0.250. The molecular weight excluding hydrogens is 528 g/mol. The molecule has 8 heteroatoms. The van der Waals surface area contributed by atoms with E-state index in [1.807, 2.05) is 6.92 Å². The van der Waals surface area contributed by atoms with Crippen LogP contribution in [0.1, 0.15) is 44.4 Å². The Kier molecular flexibility index (Phi) is 8.51. The quantitative estimate of drug-likeness (QED) is 0.226. The van der Waals surface area contributed by atoms with E-state index in [2.05, 4.69) is 15.9 Å². The van der Waals surface area contributed by atoms with Crippen molar-refractivity contribution in [1.29, 1.82) is 0 Å². The van der Waals surface area contributed by atoms with Crippen molar-refractivity contribution >= 4 is 33.8 Å². The van der Waals surface area contributed by atoms with E-state index in [1.165, 1.54) is 0 Å². The third kappa shape index (κ3) is 6.01. The summed E-state index contributed by atoms with van der Waals surface area (Å²) < 4.78 is 23.5. The molecule has 1 fully saturated rings. The maximum atomic E-state index is 13.1. The van der Waals surface area contributed by atoms with Crippen molar-refractivity contribution < 1.29 is 33.3 Å². The van der Waals surface area contributed by atoms with Gasteiger partial charge in [-0.3, -0.25) is 0 Å². The number of halogens is 1. The molecule has 0 radical (unpaired) electrons. The molecule has 186 valence electrons. The summed E-state index contributed by atoms with van der Waals surface area (Å²) in [5, 5.41) is -0.810. The van der Waals surface area contributed by atoms with Crippen molar-refractivity contribution in [1.82, 2.24) is 0 Å². The molecule has 1 aliphatic heterocycles. The summed E-state index contributed by atoms with van der Waals surface area (Å²) >= 11 is 3.43. The van der Waals surface area contributed by atoms with Gasteiger partial charge in [0.2, 0.25) is 0 Å². The first-order chi connectivity index (χ1) is 17.5. The zero-order valence-corrected chi connectivity index (χ0v) is 21.1. The molecule has 5 atom stereocenters. The average Bonchev–Trinajstić information content (AvgIpc) is 2.93. The zero-order chi connectivity index (χ0) is 25.5. The van der Waals surface area contributed by atoms with Gasteiger partial charge in [0.25, 0.3) is 0 Å². The lowest BCUT2D eigenvalue weighted by atomic mass is 9.97. The highest BCUT2D eigenvalue weighted by Crippen LogP contribution is 2.34. The molecular formula is C28H25BrO7. The van der Waals surface area contributed by atoms with Crippen LogP contribution in [0.3, 0.4) is 0 Å². The standard InChI is InChI=1S/C28H25BrO7/c1-2-21-22(34-26(30)18-12-6-3-7-13-18)23(35-27(31)19-14-8-4-9-15-19)24(25(29)33-21)36-28(32)20-16-10-5-11-17-20/h3-17,21-25H,2H2,1H3. The van der Waals surface area contributed by atoms with E-state index in [4.69, 9.17) is 18.9 Å². The van der Waals surface area contributed by atoms with Crippen LogP contribution in [0.15, 0.2) is 91.0 Å². The van der Waals surface area contributed by atoms with Gasteiger partial charge in [0.1, 0.15) is 0 Å². The first kappa shape index (κ1) is 25.6. The largest absolute Gasteiger partial charge is 0.452 e. The van der Waals surface area contributed by atoms with E-state index < -0.39 is 47.3 Å². The van der Waals surface area contributed by atoms with Crippen molar-refractivity contribution in [2.45, 2.75) is 42.8 Å². The highest BCUT2D eigenvalue weighted by atomic mass is 79.9. The van der Waals surface area contributed by atoms with E-state index in [0.29, 0.717) is 23.1 Å². The van der Waals surface area contributed by atoms with Gasteiger partial charge in [0, 0.05) is 0 Å². The van der Waals surface area contributed by atoms with Crippen LogP contribution in [0, 0.1) is 0 Å². The SMILES string of the molecule is CCC1OC(Br)C(OC(=O)c2ccccc2)C(OC(=O)c2ccccc2)C1OC(=O)c1ccccc1. The molecule has 3 aromatic carbocycles. The van der Waals surface area contributed by atoms with E-state index >= 15 is 0 Å². The molecule has 0 aliphatic carbocycles. The smallest absolute Gasteiger partial charge is 0.338 e. The summed E-state index contributed by atoms with van der Waals surface area (Å²) in [7, 11) is 0. The normalized spacial score (nSPS) is 23.3. The predicted molar refractivity (Wildman–Crippen MR) is 135 cm³/mol. The van der Waals surface area contributed by atoms with Crippen molar-refractivity contribution in [3.05, 3.63) is 108 Å².